The zero-order valence-corrected chi connectivity index (χ0v) is 18.6. The Morgan fingerprint density at radius 3 is 2.48 bits per heavy atom. The fourth-order valence-electron chi connectivity index (χ4n) is 5.91. The van der Waals surface area contributed by atoms with Gasteiger partial charge >= 0.3 is 6.18 Å². The van der Waals surface area contributed by atoms with E-state index in [1.165, 1.54) is 6.07 Å². The van der Waals surface area contributed by atoms with Crippen molar-refractivity contribution in [2.75, 3.05) is 26.2 Å². The summed E-state index contributed by atoms with van der Waals surface area (Å²) in [6.45, 7) is 5.60. The number of likely N-dealkylation sites (tertiary alicyclic amines) is 2. The normalized spacial score (nSPS) is 23.9. The quantitative estimate of drug-likeness (QED) is 0.683. The van der Waals surface area contributed by atoms with Crippen LogP contribution in [0.5, 0.6) is 0 Å². The molecule has 0 N–H and O–H groups in total. The molecule has 2 bridgehead atoms. The Kier molecular flexibility index (Phi) is 5.59. The van der Waals surface area contributed by atoms with Crippen LogP contribution in [0.25, 0.3) is 11.1 Å². The minimum Gasteiger partial charge on any atom is -0.343 e. The number of hydrogen-bond donors (Lipinski definition) is 0. The Bertz CT molecular complexity index is 1120. The first-order valence-electron chi connectivity index (χ1n) is 11.6. The number of alkyl halides is 3. The summed E-state index contributed by atoms with van der Waals surface area (Å²) in [6.07, 6.45) is -1.47. The van der Waals surface area contributed by atoms with Gasteiger partial charge in [0.1, 0.15) is 0 Å². The van der Waals surface area contributed by atoms with Gasteiger partial charge in [0.15, 0.2) is 0 Å². The van der Waals surface area contributed by atoms with Crippen LogP contribution in [-0.2, 0) is 17.5 Å². The second-order valence-electron chi connectivity index (χ2n) is 9.66. The molecule has 2 fully saturated rings. The molecule has 1 aromatic heterocycles. The van der Waals surface area contributed by atoms with E-state index in [1.54, 1.807) is 23.6 Å². The van der Waals surface area contributed by atoms with Crippen molar-refractivity contribution in [2.24, 2.45) is 5.92 Å². The van der Waals surface area contributed by atoms with Crippen molar-refractivity contribution >= 4 is 5.91 Å². The topological polar surface area (TPSA) is 45.6 Å². The number of aromatic nitrogens is 1. The van der Waals surface area contributed by atoms with Gasteiger partial charge in [0.25, 0.3) is 5.56 Å². The Morgan fingerprint density at radius 2 is 1.79 bits per heavy atom. The van der Waals surface area contributed by atoms with Gasteiger partial charge in [-0.25, -0.2) is 0 Å². The van der Waals surface area contributed by atoms with Crippen LogP contribution in [0.15, 0.2) is 41.2 Å². The lowest BCUT2D eigenvalue weighted by Crippen LogP contribution is -2.53. The molecule has 2 saturated heterocycles. The number of halogens is 3. The molecule has 0 spiro atoms. The minimum absolute atomic E-state index is 0.133. The van der Waals surface area contributed by atoms with E-state index in [2.05, 4.69) is 4.90 Å². The van der Waals surface area contributed by atoms with E-state index in [4.69, 9.17) is 0 Å². The SMILES string of the molecule is CC(=O)N1CCC(N2CC3CC(C2)c2ccc(-c4cccc(C(F)(F)F)c4)c(=O)n2C3)CC1. The summed E-state index contributed by atoms with van der Waals surface area (Å²) in [7, 11) is 0. The fraction of sp³-hybridized carbons (Fsp3) is 0.520. The molecule has 5 nitrogen and oxygen atoms in total. The molecule has 1 amide bonds. The van der Waals surface area contributed by atoms with E-state index in [0.717, 1.165) is 63.3 Å². The molecule has 4 heterocycles. The maximum absolute atomic E-state index is 13.3. The molecule has 1 aromatic carbocycles. The number of carbonyl (C=O) groups excluding carboxylic acids is 1. The molecular formula is C25H28F3N3O2. The first kappa shape index (κ1) is 22.2. The zero-order valence-electron chi connectivity index (χ0n) is 18.6. The number of benzene rings is 1. The number of amides is 1. The van der Waals surface area contributed by atoms with Crippen LogP contribution in [0.2, 0.25) is 0 Å². The average Bonchev–Trinajstić information content (AvgIpc) is 2.79. The molecule has 0 saturated carbocycles. The third kappa shape index (κ3) is 4.21. The van der Waals surface area contributed by atoms with Gasteiger partial charge in [-0.2, -0.15) is 13.2 Å². The van der Waals surface area contributed by atoms with E-state index in [1.807, 2.05) is 11.0 Å². The highest BCUT2D eigenvalue weighted by Gasteiger charge is 2.38. The van der Waals surface area contributed by atoms with Gasteiger partial charge in [0, 0.05) is 62.9 Å². The van der Waals surface area contributed by atoms with Crippen LogP contribution in [0.4, 0.5) is 13.2 Å². The van der Waals surface area contributed by atoms with Crippen LogP contribution in [0, 0.1) is 5.92 Å². The molecule has 2 aromatic rings. The predicted octanol–water partition coefficient (Wildman–Crippen LogP) is 3.96. The van der Waals surface area contributed by atoms with Gasteiger partial charge in [-0.3, -0.25) is 14.5 Å². The monoisotopic (exact) mass is 459 g/mol. The standard InChI is InChI=1S/C25H28F3N3O2/c1-16(32)29-9-7-21(8-10-29)30-13-17-11-19(15-30)23-6-5-22(24(33)31(23)14-17)18-3-2-4-20(12-18)25(26,27)28/h2-6,12,17,19,21H,7-11,13-15H2,1H3. The molecule has 3 aliphatic rings. The molecule has 8 heteroatoms. The smallest absolute Gasteiger partial charge is 0.343 e. The largest absolute Gasteiger partial charge is 0.416 e. The van der Waals surface area contributed by atoms with Gasteiger partial charge < -0.3 is 9.47 Å². The molecule has 2 atom stereocenters. The summed E-state index contributed by atoms with van der Waals surface area (Å²) < 4.78 is 41.3. The molecule has 0 aliphatic carbocycles. The van der Waals surface area contributed by atoms with E-state index in [0.29, 0.717) is 29.6 Å². The molecule has 5 rings (SSSR count). The minimum atomic E-state index is -4.44. The second-order valence-corrected chi connectivity index (χ2v) is 9.66. The van der Waals surface area contributed by atoms with Crippen molar-refractivity contribution < 1.29 is 18.0 Å². The lowest BCUT2D eigenvalue weighted by Gasteiger charge is -2.47. The number of hydrogen-bond acceptors (Lipinski definition) is 3. The fourth-order valence-corrected chi connectivity index (χ4v) is 5.91. The summed E-state index contributed by atoms with van der Waals surface area (Å²) in [5.41, 5.74) is 0.658. The first-order chi connectivity index (χ1) is 15.7. The van der Waals surface area contributed by atoms with Crippen molar-refractivity contribution in [2.45, 2.75) is 50.9 Å². The average molecular weight is 460 g/mol. The zero-order chi connectivity index (χ0) is 23.3. The highest BCUT2D eigenvalue weighted by Crippen LogP contribution is 2.38. The second kappa shape index (κ2) is 8.31. The number of piperidine rings is 2. The van der Waals surface area contributed by atoms with Crippen molar-refractivity contribution in [1.29, 1.82) is 0 Å². The molecule has 3 aliphatic heterocycles. The van der Waals surface area contributed by atoms with E-state index >= 15 is 0 Å². The molecule has 0 radical (unpaired) electrons. The molecule has 176 valence electrons. The summed E-state index contributed by atoms with van der Waals surface area (Å²) >= 11 is 0. The Labute approximate surface area is 190 Å². The van der Waals surface area contributed by atoms with Crippen LogP contribution >= 0.6 is 0 Å². The summed E-state index contributed by atoms with van der Waals surface area (Å²) in [4.78, 5) is 29.4. The Hall–Kier alpha value is -2.61. The Balaban J connectivity index is 1.38. The van der Waals surface area contributed by atoms with Gasteiger partial charge in [0.05, 0.1) is 5.56 Å². The van der Waals surface area contributed by atoms with E-state index in [9.17, 15) is 22.8 Å². The lowest BCUT2D eigenvalue weighted by atomic mass is 9.81. The maximum atomic E-state index is 13.3. The summed E-state index contributed by atoms with van der Waals surface area (Å²) in [5, 5.41) is 0. The number of nitrogens with zero attached hydrogens (tertiary/aromatic N) is 3. The Morgan fingerprint density at radius 1 is 1.03 bits per heavy atom. The van der Waals surface area contributed by atoms with Crippen molar-refractivity contribution in [3.8, 4) is 11.1 Å². The third-order valence-electron chi connectivity index (χ3n) is 7.56. The van der Waals surface area contributed by atoms with Gasteiger partial charge in [-0.1, -0.05) is 12.1 Å². The molecule has 2 unspecified atom stereocenters. The van der Waals surface area contributed by atoms with E-state index < -0.39 is 11.7 Å². The highest BCUT2D eigenvalue weighted by atomic mass is 19.4. The number of rotatable bonds is 2. The van der Waals surface area contributed by atoms with Gasteiger partial charge in [0.2, 0.25) is 5.91 Å². The van der Waals surface area contributed by atoms with Gasteiger partial charge in [-0.05, 0) is 55.0 Å². The lowest BCUT2D eigenvalue weighted by molar-refractivity contribution is -0.137. The van der Waals surface area contributed by atoms with Gasteiger partial charge in [-0.15, -0.1) is 0 Å². The van der Waals surface area contributed by atoms with Crippen molar-refractivity contribution in [3.05, 3.63) is 58.0 Å². The highest BCUT2D eigenvalue weighted by molar-refractivity contribution is 5.73. The van der Waals surface area contributed by atoms with E-state index in [-0.39, 0.29) is 17.4 Å². The molecular weight excluding hydrogens is 431 g/mol. The van der Waals surface area contributed by atoms with Crippen LogP contribution in [0.1, 0.15) is 43.4 Å². The first-order valence-corrected chi connectivity index (χ1v) is 11.6. The predicted molar refractivity (Wildman–Crippen MR) is 119 cm³/mol. The van der Waals surface area contributed by atoms with Crippen molar-refractivity contribution in [1.82, 2.24) is 14.4 Å². The van der Waals surface area contributed by atoms with Crippen molar-refractivity contribution in [3.63, 3.8) is 0 Å². The maximum Gasteiger partial charge on any atom is 0.416 e. The van der Waals surface area contributed by atoms with Crippen LogP contribution < -0.4 is 5.56 Å². The van der Waals surface area contributed by atoms with Crippen LogP contribution in [0.3, 0.4) is 0 Å². The number of pyridine rings is 1. The summed E-state index contributed by atoms with van der Waals surface area (Å²) in [6, 6.07) is 9.08. The summed E-state index contributed by atoms with van der Waals surface area (Å²) in [5.74, 6) is 0.719. The van der Waals surface area contributed by atoms with Crippen LogP contribution in [-0.4, -0.2) is 52.5 Å². The molecule has 33 heavy (non-hydrogen) atoms. The number of fused-ring (bicyclic) bond motifs is 4. The third-order valence-corrected chi connectivity index (χ3v) is 7.56. The number of carbonyl (C=O) groups is 1.